The number of rotatable bonds is 3. The van der Waals surface area contributed by atoms with Crippen molar-refractivity contribution in [3.63, 3.8) is 0 Å². The van der Waals surface area contributed by atoms with Gasteiger partial charge in [-0.3, -0.25) is 18.7 Å². The van der Waals surface area contributed by atoms with E-state index in [0.29, 0.717) is 16.0 Å². The number of nitrogens with zero attached hydrogens (tertiary/aromatic N) is 3. The van der Waals surface area contributed by atoms with E-state index in [0.717, 1.165) is 42.1 Å². The van der Waals surface area contributed by atoms with Crippen molar-refractivity contribution in [2.24, 2.45) is 7.05 Å². The molecule has 1 aliphatic rings. The molecule has 0 saturated carbocycles. The van der Waals surface area contributed by atoms with Crippen LogP contribution in [0.15, 0.2) is 64.2 Å². The lowest BCUT2D eigenvalue weighted by molar-refractivity contribution is 0.0702. The first kappa shape index (κ1) is 19.3. The Kier molecular flexibility index (Phi) is 4.51. The van der Waals surface area contributed by atoms with Gasteiger partial charge < -0.3 is 10.0 Å². The number of hydrogen-bond acceptors (Lipinski definition) is 5. The lowest BCUT2D eigenvalue weighted by atomic mass is 10.00. The maximum absolute atomic E-state index is 13.0. The van der Waals surface area contributed by atoms with E-state index in [4.69, 9.17) is 0 Å². The van der Waals surface area contributed by atoms with Crippen LogP contribution in [0, 0.1) is 0 Å². The van der Waals surface area contributed by atoms with Gasteiger partial charge in [0.1, 0.15) is 9.71 Å². The highest BCUT2D eigenvalue weighted by Crippen LogP contribution is 2.35. The number of carboxylic acids is 1. The fraction of sp³-hybridized carbons (Fsp3) is 0.174. The summed E-state index contributed by atoms with van der Waals surface area (Å²) >= 11 is 0.983. The van der Waals surface area contributed by atoms with Gasteiger partial charge in [-0.15, -0.1) is 11.3 Å². The van der Waals surface area contributed by atoms with Crippen LogP contribution >= 0.6 is 11.3 Å². The minimum atomic E-state index is -1.09. The van der Waals surface area contributed by atoms with E-state index >= 15 is 0 Å². The number of aryl methyl sites for hydroxylation is 2. The van der Waals surface area contributed by atoms with Crippen LogP contribution in [0.1, 0.15) is 21.7 Å². The summed E-state index contributed by atoms with van der Waals surface area (Å²) in [6.45, 7) is 0.850. The quantitative estimate of drug-likeness (QED) is 0.500. The summed E-state index contributed by atoms with van der Waals surface area (Å²) in [6, 6.07) is 17.2. The number of carboxylic acid groups (broad SMARTS) is 1. The Morgan fingerprint density at radius 2 is 1.77 bits per heavy atom. The summed E-state index contributed by atoms with van der Waals surface area (Å²) in [5.41, 5.74) is 2.79. The van der Waals surface area contributed by atoms with Gasteiger partial charge in [-0.1, -0.05) is 24.3 Å². The first-order chi connectivity index (χ1) is 15.0. The molecule has 8 heteroatoms. The molecule has 3 heterocycles. The zero-order valence-electron chi connectivity index (χ0n) is 16.7. The highest BCUT2D eigenvalue weighted by Gasteiger charge is 2.22. The number of aromatic carboxylic acids is 1. The summed E-state index contributed by atoms with van der Waals surface area (Å²) in [6.07, 6.45) is 1.95. The summed E-state index contributed by atoms with van der Waals surface area (Å²) in [5, 5.41) is 9.42. The molecule has 0 unspecified atom stereocenters. The summed E-state index contributed by atoms with van der Waals surface area (Å²) < 4.78 is 2.55. The monoisotopic (exact) mass is 433 g/mol. The van der Waals surface area contributed by atoms with Gasteiger partial charge in [0.2, 0.25) is 0 Å². The van der Waals surface area contributed by atoms with Gasteiger partial charge in [0.15, 0.2) is 0 Å². The molecule has 0 aliphatic carbocycles. The van der Waals surface area contributed by atoms with E-state index in [9.17, 15) is 19.5 Å². The normalized spacial score (nSPS) is 13.4. The molecule has 0 atom stereocenters. The lowest BCUT2D eigenvalue weighted by Crippen LogP contribution is -2.39. The molecule has 7 nitrogen and oxygen atoms in total. The molecule has 156 valence electrons. The number of carbonyl (C=O) groups is 1. The topological polar surface area (TPSA) is 84.5 Å². The Balaban J connectivity index is 1.76. The Morgan fingerprint density at radius 1 is 1.00 bits per heavy atom. The first-order valence-corrected chi connectivity index (χ1v) is 10.7. The average molecular weight is 433 g/mol. The van der Waals surface area contributed by atoms with Crippen LogP contribution in [0.2, 0.25) is 0 Å². The van der Waals surface area contributed by atoms with Gasteiger partial charge in [-0.2, -0.15) is 0 Å². The summed E-state index contributed by atoms with van der Waals surface area (Å²) in [4.78, 5) is 39.8. The van der Waals surface area contributed by atoms with Crippen molar-refractivity contribution in [2.45, 2.75) is 12.8 Å². The van der Waals surface area contributed by atoms with Gasteiger partial charge in [0.05, 0.1) is 11.2 Å². The van der Waals surface area contributed by atoms with Crippen molar-refractivity contribution in [1.82, 2.24) is 9.13 Å². The molecule has 0 radical (unpaired) electrons. The maximum atomic E-state index is 13.0. The number of para-hydroxylation sites is 1. The molecule has 2 aromatic heterocycles. The third-order valence-electron chi connectivity index (χ3n) is 5.65. The largest absolute Gasteiger partial charge is 0.477 e. The predicted octanol–water partition coefficient (Wildman–Crippen LogP) is 3.53. The maximum Gasteiger partial charge on any atom is 0.346 e. The molecule has 0 spiro atoms. The Hall–Kier alpha value is -3.65. The highest BCUT2D eigenvalue weighted by molar-refractivity contribution is 7.20. The van der Waals surface area contributed by atoms with Crippen molar-refractivity contribution in [3.05, 3.63) is 85.7 Å². The Bertz CT molecular complexity index is 1450. The van der Waals surface area contributed by atoms with E-state index in [-0.39, 0.29) is 4.88 Å². The molecule has 4 aromatic rings. The first-order valence-electron chi connectivity index (χ1n) is 9.90. The fourth-order valence-corrected chi connectivity index (χ4v) is 5.09. The second kappa shape index (κ2) is 7.24. The van der Waals surface area contributed by atoms with E-state index in [2.05, 4.69) is 4.90 Å². The molecule has 0 amide bonds. The molecular weight excluding hydrogens is 414 g/mol. The number of aromatic nitrogens is 2. The average Bonchev–Trinajstić information content (AvgIpc) is 3.23. The standard InChI is InChI=1S/C23H19N3O4S/c1-24-20(27)21(28)26(18-13-19(23(29)30)31-22(18)24)16-10-9-14-6-5-11-25(17(14)12-16)15-7-3-2-4-8-15/h2-4,7-10,12-13H,5-6,11H2,1H3,(H,29,30). The minimum Gasteiger partial charge on any atom is -0.477 e. The third-order valence-corrected chi connectivity index (χ3v) is 6.84. The second-order valence-electron chi connectivity index (χ2n) is 7.51. The van der Waals surface area contributed by atoms with Gasteiger partial charge in [0.25, 0.3) is 0 Å². The SMILES string of the molecule is Cn1c(=O)c(=O)n(-c2ccc3c(c2)N(c2ccccc2)CCC3)c2cc(C(=O)O)sc21. The van der Waals surface area contributed by atoms with E-state index in [1.54, 1.807) is 0 Å². The molecule has 5 rings (SSSR count). The zero-order chi connectivity index (χ0) is 21.7. The van der Waals surface area contributed by atoms with E-state index in [1.165, 1.54) is 27.8 Å². The Morgan fingerprint density at radius 3 is 2.52 bits per heavy atom. The lowest BCUT2D eigenvalue weighted by Gasteiger charge is -2.32. The van der Waals surface area contributed by atoms with Gasteiger partial charge >= 0.3 is 17.1 Å². The molecule has 1 N–H and O–H groups in total. The molecule has 31 heavy (non-hydrogen) atoms. The molecule has 0 fully saturated rings. The van der Waals surface area contributed by atoms with Gasteiger partial charge in [-0.25, -0.2) is 4.79 Å². The number of anilines is 2. The van der Waals surface area contributed by atoms with Crippen molar-refractivity contribution < 1.29 is 9.90 Å². The Labute approximate surface area is 181 Å². The number of benzene rings is 2. The van der Waals surface area contributed by atoms with Gasteiger partial charge in [0, 0.05) is 25.0 Å². The van der Waals surface area contributed by atoms with Crippen LogP contribution in [-0.4, -0.2) is 26.8 Å². The predicted molar refractivity (Wildman–Crippen MR) is 121 cm³/mol. The van der Waals surface area contributed by atoms with Crippen molar-refractivity contribution in [1.29, 1.82) is 0 Å². The van der Waals surface area contributed by atoms with Crippen LogP contribution in [-0.2, 0) is 13.5 Å². The molecule has 0 bridgehead atoms. The molecule has 1 aliphatic heterocycles. The smallest absolute Gasteiger partial charge is 0.346 e. The van der Waals surface area contributed by atoms with Crippen molar-refractivity contribution in [2.75, 3.05) is 11.4 Å². The van der Waals surface area contributed by atoms with E-state index in [1.807, 2.05) is 48.5 Å². The fourth-order valence-electron chi connectivity index (χ4n) is 4.15. The zero-order valence-corrected chi connectivity index (χ0v) is 17.6. The van der Waals surface area contributed by atoms with Crippen LogP contribution in [0.5, 0.6) is 0 Å². The van der Waals surface area contributed by atoms with Crippen LogP contribution in [0.25, 0.3) is 16.0 Å². The minimum absolute atomic E-state index is 0.0771. The number of hydrogen-bond donors (Lipinski definition) is 1. The summed E-state index contributed by atoms with van der Waals surface area (Å²) in [5.74, 6) is -1.09. The second-order valence-corrected chi connectivity index (χ2v) is 8.55. The molecule has 0 saturated heterocycles. The number of fused-ring (bicyclic) bond motifs is 2. The van der Waals surface area contributed by atoms with Crippen molar-refractivity contribution in [3.8, 4) is 5.69 Å². The number of thiophene rings is 1. The molecule has 2 aromatic carbocycles. The molecular formula is C23H19N3O4S. The van der Waals surface area contributed by atoms with Crippen LogP contribution in [0.4, 0.5) is 11.4 Å². The van der Waals surface area contributed by atoms with Gasteiger partial charge in [-0.05, 0) is 48.7 Å². The van der Waals surface area contributed by atoms with Crippen LogP contribution in [0.3, 0.4) is 0 Å². The van der Waals surface area contributed by atoms with Crippen LogP contribution < -0.4 is 16.0 Å². The van der Waals surface area contributed by atoms with Crippen molar-refractivity contribution >= 4 is 39.0 Å². The third kappa shape index (κ3) is 3.07. The summed E-state index contributed by atoms with van der Waals surface area (Å²) in [7, 11) is 1.49. The highest BCUT2D eigenvalue weighted by atomic mass is 32.1. The van der Waals surface area contributed by atoms with E-state index < -0.39 is 17.1 Å².